The number of hydrogen-bond donors (Lipinski definition) is 3. The molecule has 3 aromatic rings. The molecule has 1 saturated heterocycles. The molecule has 0 saturated carbocycles. The molecule has 1 aromatic carbocycles. The minimum absolute atomic E-state index is 0.00237. The van der Waals surface area contributed by atoms with Crippen LogP contribution in [0.5, 0.6) is 0 Å². The van der Waals surface area contributed by atoms with Gasteiger partial charge in [-0.25, -0.2) is 18.2 Å². The van der Waals surface area contributed by atoms with Crippen molar-refractivity contribution in [2.75, 3.05) is 17.7 Å². The first-order valence-corrected chi connectivity index (χ1v) is 10.6. The number of hydrogen-bond acceptors (Lipinski definition) is 7. The molecule has 8 nitrogen and oxygen atoms in total. The zero-order valence-corrected chi connectivity index (χ0v) is 17.8. The van der Waals surface area contributed by atoms with Crippen LogP contribution in [0.15, 0.2) is 24.4 Å². The fourth-order valence-electron chi connectivity index (χ4n) is 3.57. The van der Waals surface area contributed by atoms with Crippen molar-refractivity contribution >= 4 is 27.9 Å². The first kappa shape index (κ1) is 22.2. The molecule has 170 valence electrons. The number of nitrogen functional groups attached to an aromatic ring is 1. The van der Waals surface area contributed by atoms with Crippen molar-refractivity contribution in [3.05, 3.63) is 47.4 Å². The number of nitrogens with two attached hydrogens (primary N) is 2. The van der Waals surface area contributed by atoms with Crippen LogP contribution in [-0.2, 0) is 11.8 Å². The Morgan fingerprint density at radius 1 is 1.31 bits per heavy atom. The second-order valence-electron chi connectivity index (χ2n) is 7.43. The van der Waals surface area contributed by atoms with Gasteiger partial charge in [0.25, 0.3) is 5.91 Å². The van der Waals surface area contributed by atoms with E-state index in [-0.39, 0.29) is 27.9 Å². The second-order valence-corrected chi connectivity index (χ2v) is 8.46. The molecule has 4 rings (SSSR count). The topological polar surface area (TPSA) is 121 Å². The van der Waals surface area contributed by atoms with Crippen molar-refractivity contribution in [2.24, 2.45) is 12.8 Å². The van der Waals surface area contributed by atoms with Crippen LogP contribution in [0.25, 0.3) is 10.6 Å². The van der Waals surface area contributed by atoms with Gasteiger partial charge in [0.1, 0.15) is 33.9 Å². The first-order chi connectivity index (χ1) is 15.3. The van der Waals surface area contributed by atoms with Crippen molar-refractivity contribution in [2.45, 2.75) is 31.2 Å². The van der Waals surface area contributed by atoms with Crippen LogP contribution in [0.3, 0.4) is 0 Å². The van der Waals surface area contributed by atoms with Gasteiger partial charge in [0, 0.05) is 13.1 Å². The summed E-state index contributed by atoms with van der Waals surface area (Å²) in [6.07, 6.45) is 0.466. The summed E-state index contributed by atoms with van der Waals surface area (Å²) in [6, 6.07) is 2.80. The maximum absolute atomic E-state index is 14.1. The van der Waals surface area contributed by atoms with Gasteiger partial charge in [-0.05, 0) is 25.0 Å². The van der Waals surface area contributed by atoms with Crippen LogP contribution in [0.2, 0.25) is 0 Å². The number of nitrogens with zero attached hydrogens (tertiary/aromatic N) is 3. The lowest BCUT2D eigenvalue weighted by Crippen LogP contribution is -2.32. The fourth-order valence-corrected chi connectivity index (χ4v) is 4.44. The smallest absolute Gasteiger partial charge is 0.277 e. The Morgan fingerprint density at radius 3 is 2.75 bits per heavy atom. The molecule has 1 amide bonds. The van der Waals surface area contributed by atoms with Gasteiger partial charge < -0.3 is 21.5 Å². The predicted molar refractivity (Wildman–Crippen MR) is 114 cm³/mol. The highest BCUT2D eigenvalue weighted by Crippen LogP contribution is 2.35. The number of amides is 1. The Hall–Kier alpha value is -2.96. The zero-order valence-electron chi connectivity index (χ0n) is 17.0. The summed E-state index contributed by atoms with van der Waals surface area (Å²) in [5, 5.41) is 6.78. The Labute approximate surface area is 185 Å². The maximum atomic E-state index is 14.1. The molecule has 0 bridgehead atoms. The van der Waals surface area contributed by atoms with Crippen molar-refractivity contribution in [1.29, 1.82) is 0 Å². The summed E-state index contributed by atoms with van der Waals surface area (Å²) in [4.78, 5) is 16.9. The number of thiazole rings is 1. The Bertz CT molecular complexity index is 1120. The summed E-state index contributed by atoms with van der Waals surface area (Å²) in [5.74, 6) is -2.30. The van der Waals surface area contributed by atoms with Gasteiger partial charge >= 0.3 is 0 Å². The van der Waals surface area contributed by atoms with Crippen LogP contribution in [-0.4, -0.2) is 39.5 Å². The van der Waals surface area contributed by atoms with Crippen LogP contribution < -0.4 is 16.8 Å². The Kier molecular flexibility index (Phi) is 6.17. The number of rotatable bonds is 4. The highest BCUT2D eigenvalue weighted by Gasteiger charge is 2.30. The average molecular weight is 466 g/mol. The van der Waals surface area contributed by atoms with Crippen LogP contribution in [0.4, 0.5) is 23.9 Å². The minimum Gasteiger partial charge on any atom is -0.389 e. The molecule has 12 heteroatoms. The van der Waals surface area contributed by atoms with Gasteiger partial charge in [-0.15, -0.1) is 0 Å². The van der Waals surface area contributed by atoms with E-state index in [9.17, 15) is 18.0 Å². The standard InChI is InChI=1S/C20H21F3N6O2S/c1-29-17(14-6-5-12(24)11(23)8-31-14)13(7-26-29)27-19(30)16-18(25)32-20(28-16)15-9(21)3-2-4-10(15)22/h2-4,7,11-12,14H,5-6,8,24-25H2,1H3,(H,27,30)/t11-,12-,14?/m0/s1. The lowest BCUT2D eigenvalue weighted by molar-refractivity contribution is 0.0247. The molecular formula is C20H21F3N6O2S. The molecule has 0 spiro atoms. The number of halogens is 3. The number of aryl methyl sites for hydroxylation is 1. The van der Waals surface area contributed by atoms with E-state index in [0.29, 0.717) is 24.2 Å². The SMILES string of the molecule is Cn1ncc(NC(=O)c2nc(-c3c(F)cccc3F)sc2N)c1C1CC[C@H](N)[C@@H](F)CO1. The third kappa shape index (κ3) is 4.20. The summed E-state index contributed by atoms with van der Waals surface area (Å²) in [6.45, 7) is -0.166. The van der Waals surface area contributed by atoms with Gasteiger partial charge in [0.05, 0.1) is 29.7 Å². The van der Waals surface area contributed by atoms with Gasteiger partial charge in [-0.2, -0.15) is 5.10 Å². The van der Waals surface area contributed by atoms with Crippen molar-refractivity contribution in [3.63, 3.8) is 0 Å². The van der Waals surface area contributed by atoms with Gasteiger partial charge in [0.15, 0.2) is 5.69 Å². The highest BCUT2D eigenvalue weighted by molar-refractivity contribution is 7.19. The largest absolute Gasteiger partial charge is 0.389 e. The number of benzene rings is 1. The summed E-state index contributed by atoms with van der Waals surface area (Å²) in [7, 11) is 1.67. The van der Waals surface area contributed by atoms with E-state index in [4.69, 9.17) is 16.2 Å². The molecule has 0 aliphatic carbocycles. The number of anilines is 2. The third-order valence-electron chi connectivity index (χ3n) is 5.27. The predicted octanol–water partition coefficient (Wildman–Crippen LogP) is 3.17. The van der Waals surface area contributed by atoms with Gasteiger partial charge in [-0.1, -0.05) is 17.4 Å². The molecule has 1 aliphatic rings. The molecule has 32 heavy (non-hydrogen) atoms. The van der Waals surface area contributed by atoms with Crippen molar-refractivity contribution in [1.82, 2.24) is 14.8 Å². The van der Waals surface area contributed by atoms with E-state index >= 15 is 0 Å². The van der Waals surface area contributed by atoms with E-state index < -0.39 is 35.9 Å². The first-order valence-electron chi connectivity index (χ1n) is 9.81. The quantitative estimate of drug-likeness (QED) is 0.543. The fraction of sp³-hybridized carbons (Fsp3) is 0.350. The lowest BCUT2D eigenvalue weighted by atomic mass is 10.0. The van der Waals surface area contributed by atoms with Crippen LogP contribution >= 0.6 is 11.3 Å². The van der Waals surface area contributed by atoms with E-state index in [1.54, 1.807) is 7.05 Å². The molecule has 3 heterocycles. The van der Waals surface area contributed by atoms with Crippen molar-refractivity contribution in [3.8, 4) is 10.6 Å². The highest BCUT2D eigenvalue weighted by atomic mass is 32.1. The number of alkyl halides is 1. The van der Waals surface area contributed by atoms with E-state index in [1.807, 2.05) is 0 Å². The minimum atomic E-state index is -1.28. The summed E-state index contributed by atoms with van der Waals surface area (Å²) < 4.78 is 49.3. The van der Waals surface area contributed by atoms with E-state index in [0.717, 1.165) is 23.5 Å². The number of nitrogens with one attached hydrogen (secondary N) is 1. The molecule has 1 aliphatic heterocycles. The normalized spacial score (nSPS) is 21.3. The number of aromatic nitrogens is 3. The summed E-state index contributed by atoms with van der Waals surface area (Å²) >= 11 is 0.800. The van der Waals surface area contributed by atoms with E-state index in [1.165, 1.54) is 16.9 Å². The maximum Gasteiger partial charge on any atom is 0.277 e. The molecular weight excluding hydrogens is 445 g/mol. The van der Waals surface area contributed by atoms with Gasteiger partial charge in [-0.3, -0.25) is 9.48 Å². The molecule has 1 unspecified atom stereocenters. The molecule has 1 fully saturated rings. The Morgan fingerprint density at radius 2 is 2.03 bits per heavy atom. The second kappa shape index (κ2) is 8.88. The number of carbonyl (C=O) groups is 1. The molecule has 5 N–H and O–H groups in total. The number of carbonyl (C=O) groups excluding carboxylic acids is 1. The van der Waals surface area contributed by atoms with Crippen LogP contribution in [0, 0.1) is 11.6 Å². The molecule has 3 atom stereocenters. The zero-order chi connectivity index (χ0) is 23.0. The van der Waals surface area contributed by atoms with Crippen LogP contribution in [0.1, 0.15) is 35.1 Å². The lowest BCUT2D eigenvalue weighted by Gasteiger charge is -2.17. The Balaban J connectivity index is 1.59. The third-order valence-corrected chi connectivity index (χ3v) is 6.17. The van der Waals surface area contributed by atoms with E-state index in [2.05, 4.69) is 15.4 Å². The average Bonchev–Trinajstić information content (AvgIpc) is 3.25. The molecule has 2 aromatic heterocycles. The monoisotopic (exact) mass is 466 g/mol. The molecule has 0 radical (unpaired) electrons. The van der Waals surface area contributed by atoms with Gasteiger partial charge in [0.2, 0.25) is 0 Å². The summed E-state index contributed by atoms with van der Waals surface area (Å²) in [5.41, 5.74) is 12.1. The number of ether oxygens (including phenoxy) is 1. The van der Waals surface area contributed by atoms with Crippen molar-refractivity contribution < 1.29 is 22.7 Å².